The van der Waals surface area contributed by atoms with Crippen LogP contribution in [0.15, 0.2) is 41.3 Å². The summed E-state index contributed by atoms with van der Waals surface area (Å²) in [5, 5.41) is 9.12. The summed E-state index contributed by atoms with van der Waals surface area (Å²) in [4.78, 5) is 12.2. The van der Waals surface area contributed by atoms with Gasteiger partial charge in [-0.15, -0.1) is 11.8 Å². The summed E-state index contributed by atoms with van der Waals surface area (Å²) >= 11 is 1.52. The molecule has 2 aromatic carbocycles. The van der Waals surface area contributed by atoms with Gasteiger partial charge in [0.25, 0.3) is 0 Å². The smallest absolute Gasteiger partial charge is 0.335 e. The van der Waals surface area contributed by atoms with Gasteiger partial charge in [0.05, 0.1) is 5.56 Å². The Labute approximate surface area is 121 Å². The van der Waals surface area contributed by atoms with Crippen molar-refractivity contribution >= 4 is 17.7 Å². The highest BCUT2D eigenvalue weighted by atomic mass is 32.2. The maximum absolute atomic E-state index is 13.3. The summed E-state index contributed by atoms with van der Waals surface area (Å²) in [6.45, 7) is 4.01. The van der Waals surface area contributed by atoms with Crippen molar-refractivity contribution in [1.82, 2.24) is 0 Å². The molecule has 0 saturated heterocycles. The maximum Gasteiger partial charge on any atom is 0.335 e. The first kappa shape index (κ1) is 14.6. The van der Waals surface area contributed by atoms with Crippen molar-refractivity contribution in [3.63, 3.8) is 0 Å². The van der Waals surface area contributed by atoms with Gasteiger partial charge in [-0.1, -0.05) is 17.7 Å². The maximum atomic E-state index is 13.3. The number of benzene rings is 2. The first-order valence-corrected chi connectivity index (χ1v) is 7.17. The predicted octanol–water partition coefficient (Wildman–Crippen LogP) is 4.43. The molecule has 0 amide bonds. The van der Waals surface area contributed by atoms with Gasteiger partial charge in [0, 0.05) is 10.6 Å². The lowest BCUT2D eigenvalue weighted by Gasteiger charge is -2.09. The first-order valence-electron chi connectivity index (χ1n) is 6.19. The SMILES string of the molecule is Cc1ccc(C)c(SCc2cc(F)ccc2C(=O)O)c1. The Morgan fingerprint density at radius 2 is 1.95 bits per heavy atom. The highest BCUT2D eigenvalue weighted by molar-refractivity contribution is 7.98. The van der Waals surface area contributed by atoms with Crippen molar-refractivity contribution in [2.45, 2.75) is 24.5 Å². The van der Waals surface area contributed by atoms with Crippen LogP contribution in [0, 0.1) is 19.7 Å². The van der Waals surface area contributed by atoms with Gasteiger partial charge in [0.1, 0.15) is 5.82 Å². The lowest BCUT2D eigenvalue weighted by Crippen LogP contribution is -2.02. The lowest BCUT2D eigenvalue weighted by molar-refractivity contribution is 0.0696. The molecule has 2 aromatic rings. The molecule has 0 saturated carbocycles. The van der Waals surface area contributed by atoms with Crippen LogP contribution in [0.3, 0.4) is 0 Å². The van der Waals surface area contributed by atoms with E-state index in [1.165, 1.54) is 30.0 Å². The van der Waals surface area contributed by atoms with E-state index in [2.05, 4.69) is 6.07 Å². The molecule has 0 aliphatic heterocycles. The Morgan fingerprint density at radius 1 is 1.20 bits per heavy atom. The molecular formula is C16H15FO2S. The number of thioether (sulfide) groups is 1. The van der Waals surface area contributed by atoms with Crippen molar-refractivity contribution < 1.29 is 14.3 Å². The van der Waals surface area contributed by atoms with E-state index in [0.717, 1.165) is 16.0 Å². The zero-order valence-electron chi connectivity index (χ0n) is 11.3. The standard InChI is InChI=1S/C16H15FO2S/c1-10-3-4-11(2)15(7-10)20-9-12-8-13(17)5-6-14(12)16(18)19/h3-8H,9H2,1-2H3,(H,18,19). The molecule has 0 aliphatic carbocycles. The van der Waals surface area contributed by atoms with E-state index in [0.29, 0.717) is 11.3 Å². The molecular weight excluding hydrogens is 275 g/mol. The minimum Gasteiger partial charge on any atom is -0.478 e. The number of carboxylic acid groups (broad SMARTS) is 1. The number of rotatable bonds is 4. The van der Waals surface area contributed by atoms with Crippen molar-refractivity contribution in [1.29, 1.82) is 0 Å². The second-order valence-corrected chi connectivity index (χ2v) is 5.68. The van der Waals surface area contributed by atoms with Gasteiger partial charge >= 0.3 is 5.97 Å². The largest absolute Gasteiger partial charge is 0.478 e. The van der Waals surface area contributed by atoms with Crippen molar-refractivity contribution in [3.05, 3.63) is 64.5 Å². The van der Waals surface area contributed by atoms with Crippen molar-refractivity contribution in [3.8, 4) is 0 Å². The van der Waals surface area contributed by atoms with Gasteiger partial charge < -0.3 is 5.11 Å². The van der Waals surface area contributed by atoms with E-state index in [4.69, 9.17) is 5.11 Å². The Balaban J connectivity index is 2.24. The van der Waals surface area contributed by atoms with Gasteiger partial charge in [-0.2, -0.15) is 0 Å². The van der Waals surface area contributed by atoms with E-state index in [1.54, 1.807) is 0 Å². The van der Waals surface area contributed by atoms with E-state index < -0.39 is 11.8 Å². The molecule has 1 N–H and O–H groups in total. The minimum atomic E-state index is -1.03. The summed E-state index contributed by atoms with van der Waals surface area (Å²) in [6.07, 6.45) is 0. The van der Waals surface area contributed by atoms with Crippen molar-refractivity contribution in [2.75, 3.05) is 0 Å². The number of halogens is 1. The number of carbonyl (C=O) groups is 1. The second-order valence-electron chi connectivity index (χ2n) is 4.66. The molecule has 2 nitrogen and oxygen atoms in total. The van der Waals surface area contributed by atoms with E-state index in [9.17, 15) is 9.18 Å². The molecule has 4 heteroatoms. The van der Waals surface area contributed by atoms with Crippen LogP contribution in [0.5, 0.6) is 0 Å². The van der Waals surface area contributed by atoms with Crippen LogP contribution in [0.2, 0.25) is 0 Å². The fourth-order valence-electron chi connectivity index (χ4n) is 1.91. The highest BCUT2D eigenvalue weighted by Crippen LogP contribution is 2.28. The van der Waals surface area contributed by atoms with Gasteiger partial charge in [0.15, 0.2) is 0 Å². The summed E-state index contributed by atoms with van der Waals surface area (Å²) < 4.78 is 13.3. The summed E-state index contributed by atoms with van der Waals surface area (Å²) in [7, 11) is 0. The fourth-order valence-corrected chi connectivity index (χ4v) is 3.02. The molecule has 0 bridgehead atoms. The quantitative estimate of drug-likeness (QED) is 0.846. The lowest BCUT2D eigenvalue weighted by atomic mass is 10.1. The van der Waals surface area contributed by atoms with E-state index >= 15 is 0 Å². The Bertz CT molecular complexity index is 653. The van der Waals surface area contributed by atoms with E-state index in [1.807, 2.05) is 26.0 Å². The highest BCUT2D eigenvalue weighted by Gasteiger charge is 2.11. The predicted molar refractivity (Wildman–Crippen MR) is 78.8 cm³/mol. The average Bonchev–Trinajstić information content (AvgIpc) is 2.39. The zero-order chi connectivity index (χ0) is 14.7. The van der Waals surface area contributed by atoms with Crippen LogP contribution in [0.25, 0.3) is 0 Å². The monoisotopic (exact) mass is 290 g/mol. The molecule has 104 valence electrons. The summed E-state index contributed by atoms with van der Waals surface area (Å²) in [5.74, 6) is -1.00. The van der Waals surface area contributed by atoms with Crippen LogP contribution in [0.1, 0.15) is 27.0 Å². The number of carboxylic acids is 1. The summed E-state index contributed by atoms with van der Waals surface area (Å²) in [6, 6.07) is 9.90. The second kappa shape index (κ2) is 6.09. The van der Waals surface area contributed by atoms with Gasteiger partial charge in [-0.05, 0) is 49.2 Å². The Hall–Kier alpha value is -1.81. The third-order valence-electron chi connectivity index (χ3n) is 3.02. The van der Waals surface area contributed by atoms with Gasteiger partial charge in [0.2, 0.25) is 0 Å². The number of aryl methyl sites for hydroxylation is 2. The van der Waals surface area contributed by atoms with Crippen molar-refractivity contribution in [2.24, 2.45) is 0 Å². The third kappa shape index (κ3) is 3.39. The molecule has 0 heterocycles. The minimum absolute atomic E-state index is 0.157. The van der Waals surface area contributed by atoms with Crippen LogP contribution in [-0.4, -0.2) is 11.1 Å². The molecule has 0 spiro atoms. The molecule has 0 radical (unpaired) electrons. The van der Waals surface area contributed by atoms with E-state index in [-0.39, 0.29) is 5.56 Å². The van der Waals surface area contributed by atoms with Gasteiger partial charge in [-0.3, -0.25) is 0 Å². The van der Waals surface area contributed by atoms with Crippen LogP contribution in [0.4, 0.5) is 4.39 Å². The normalized spacial score (nSPS) is 10.6. The number of hydrogen-bond donors (Lipinski definition) is 1. The molecule has 0 fully saturated rings. The Kier molecular flexibility index (Phi) is 4.45. The third-order valence-corrected chi connectivity index (χ3v) is 4.23. The average molecular weight is 290 g/mol. The molecule has 0 aromatic heterocycles. The topological polar surface area (TPSA) is 37.3 Å². The molecule has 0 unspecified atom stereocenters. The van der Waals surface area contributed by atoms with Crippen LogP contribution < -0.4 is 0 Å². The summed E-state index contributed by atoms with van der Waals surface area (Å²) in [5.41, 5.74) is 2.94. The molecule has 20 heavy (non-hydrogen) atoms. The first-order chi connectivity index (χ1) is 9.47. The number of aromatic carboxylic acids is 1. The van der Waals surface area contributed by atoms with Crippen LogP contribution >= 0.6 is 11.8 Å². The number of hydrogen-bond acceptors (Lipinski definition) is 2. The molecule has 0 aliphatic rings. The van der Waals surface area contributed by atoms with Crippen LogP contribution in [-0.2, 0) is 5.75 Å². The van der Waals surface area contributed by atoms with Gasteiger partial charge in [-0.25, -0.2) is 9.18 Å². The molecule has 2 rings (SSSR count). The molecule has 0 atom stereocenters. The fraction of sp³-hybridized carbons (Fsp3) is 0.188. The zero-order valence-corrected chi connectivity index (χ0v) is 12.1. The Morgan fingerprint density at radius 3 is 2.65 bits per heavy atom.